The largest absolute Gasteiger partial charge is 0.493 e. The van der Waals surface area contributed by atoms with E-state index in [-0.39, 0.29) is 31.5 Å². The second kappa shape index (κ2) is 14.7. The van der Waals surface area contributed by atoms with Crippen molar-refractivity contribution in [2.24, 2.45) is 11.5 Å². The Balaban J connectivity index is 1.27. The standard InChI is InChI=1S/C36H39N3O14/c1-47-22-7-6-17-20-14-49-23-11-15(50-36-29(46)27(44)28(45)33(53-36)34(35(37)38)51-25(43)12-24(41)42)10-18(19-13-39-21-5-3-2-4-16(19)21)26(23)30(20)52-31(17)32(22)48-9-8-40/h2-7,10-11,13,20,27-30,33-36,39-40,44-46H,8-9,12,14,37-38H2,1H3,(H,41,42). The Kier molecular flexibility index (Phi) is 10.1. The monoisotopic (exact) mass is 737 g/mol. The molecule has 53 heavy (non-hydrogen) atoms. The van der Waals surface area contributed by atoms with E-state index in [4.69, 9.17) is 49.7 Å². The fraction of sp³-hybridized carbons (Fsp3) is 0.389. The highest BCUT2D eigenvalue weighted by Gasteiger charge is 2.51. The molecule has 4 aromatic rings. The minimum atomic E-state index is -1.88. The van der Waals surface area contributed by atoms with Crippen molar-refractivity contribution < 1.29 is 68.3 Å². The first kappa shape index (κ1) is 36.2. The molecule has 0 radical (unpaired) electrons. The molecule has 17 heteroatoms. The predicted molar refractivity (Wildman–Crippen MR) is 183 cm³/mol. The topological polar surface area (TPSA) is 268 Å². The van der Waals surface area contributed by atoms with E-state index in [0.29, 0.717) is 34.1 Å². The molecule has 3 aliphatic heterocycles. The minimum absolute atomic E-state index is 0.0181. The molecule has 0 bridgehead atoms. The van der Waals surface area contributed by atoms with E-state index in [2.05, 4.69) is 4.98 Å². The molecule has 8 unspecified atom stereocenters. The van der Waals surface area contributed by atoms with Gasteiger partial charge in [-0.15, -0.1) is 0 Å². The van der Waals surface area contributed by atoms with E-state index in [1.54, 1.807) is 18.2 Å². The number of aromatic amines is 1. The van der Waals surface area contributed by atoms with Crippen LogP contribution in [0.4, 0.5) is 0 Å². The number of aliphatic hydroxyl groups is 4. The number of carbonyl (C=O) groups is 2. The quantitative estimate of drug-likeness (QED) is 0.0563. The Morgan fingerprint density at radius 2 is 1.83 bits per heavy atom. The predicted octanol–water partition coefficient (Wildman–Crippen LogP) is 0.641. The number of ether oxygens (including phenoxy) is 7. The number of carboxylic acid groups (broad SMARTS) is 1. The smallest absolute Gasteiger partial charge is 0.317 e. The summed E-state index contributed by atoms with van der Waals surface area (Å²) in [7, 11) is 1.51. The number of hydrogen-bond acceptors (Lipinski definition) is 15. The molecule has 0 saturated carbocycles. The highest BCUT2D eigenvalue weighted by atomic mass is 16.7. The fourth-order valence-electron chi connectivity index (χ4n) is 7.07. The molecule has 10 N–H and O–H groups in total. The highest BCUT2D eigenvalue weighted by Crippen LogP contribution is 2.58. The maximum absolute atomic E-state index is 12.2. The van der Waals surface area contributed by atoms with E-state index in [0.717, 1.165) is 22.0 Å². The van der Waals surface area contributed by atoms with Crippen molar-refractivity contribution in [3.63, 3.8) is 0 Å². The number of H-pyrrole nitrogens is 1. The zero-order valence-electron chi connectivity index (χ0n) is 28.3. The van der Waals surface area contributed by atoms with E-state index in [1.165, 1.54) is 7.11 Å². The van der Waals surface area contributed by atoms with Crippen LogP contribution in [-0.2, 0) is 19.1 Å². The number of carboxylic acids is 1. The lowest BCUT2D eigenvalue weighted by atomic mass is 9.85. The Morgan fingerprint density at radius 1 is 1.04 bits per heavy atom. The molecule has 3 aliphatic rings. The van der Waals surface area contributed by atoms with Crippen molar-refractivity contribution in [1.29, 1.82) is 0 Å². The average molecular weight is 738 g/mol. The second-order valence-corrected chi connectivity index (χ2v) is 12.8. The summed E-state index contributed by atoms with van der Waals surface area (Å²) in [5, 5.41) is 52.0. The second-order valence-electron chi connectivity index (χ2n) is 12.8. The van der Waals surface area contributed by atoms with Gasteiger partial charge in [-0.3, -0.25) is 9.59 Å². The molecular weight excluding hydrogens is 698 g/mol. The van der Waals surface area contributed by atoms with Crippen molar-refractivity contribution in [3.05, 3.63) is 65.9 Å². The number of esters is 1. The lowest BCUT2D eigenvalue weighted by Crippen LogP contribution is -2.66. The van der Waals surface area contributed by atoms with Crippen LogP contribution in [0.1, 0.15) is 29.6 Å². The summed E-state index contributed by atoms with van der Waals surface area (Å²) in [4.78, 5) is 26.6. The number of hydrogen-bond donors (Lipinski definition) is 8. The number of methoxy groups -OCH3 is 1. The Labute approximate surface area is 301 Å². The van der Waals surface area contributed by atoms with Gasteiger partial charge in [0.1, 0.15) is 55.0 Å². The van der Waals surface area contributed by atoms with E-state index < -0.39 is 67.4 Å². The summed E-state index contributed by atoms with van der Waals surface area (Å²) in [5.74, 6) is -1.21. The molecule has 0 spiro atoms. The van der Waals surface area contributed by atoms with Gasteiger partial charge in [0, 0.05) is 39.9 Å². The highest BCUT2D eigenvalue weighted by molar-refractivity contribution is 5.97. The van der Waals surface area contributed by atoms with E-state index in [9.17, 15) is 30.0 Å². The number of benzene rings is 3. The lowest BCUT2D eigenvalue weighted by Gasteiger charge is -2.43. The van der Waals surface area contributed by atoms with Crippen LogP contribution in [0.2, 0.25) is 0 Å². The molecule has 3 aromatic carbocycles. The number of carbonyl (C=O) groups excluding carboxylic acids is 1. The van der Waals surface area contributed by atoms with Gasteiger partial charge in [0.05, 0.1) is 32.4 Å². The Hall–Kier alpha value is -5.14. The van der Waals surface area contributed by atoms with Crippen LogP contribution < -0.4 is 35.2 Å². The number of aromatic nitrogens is 1. The van der Waals surface area contributed by atoms with Gasteiger partial charge in [-0.1, -0.05) is 24.3 Å². The van der Waals surface area contributed by atoms with Crippen molar-refractivity contribution in [2.75, 3.05) is 26.9 Å². The first-order valence-corrected chi connectivity index (χ1v) is 16.8. The molecule has 8 atom stereocenters. The summed E-state index contributed by atoms with van der Waals surface area (Å²) < 4.78 is 41.6. The third kappa shape index (κ3) is 6.67. The average Bonchev–Trinajstić information content (AvgIpc) is 3.74. The summed E-state index contributed by atoms with van der Waals surface area (Å²) in [6.45, 7) is -0.00435. The first-order chi connectivity index (χ1) is 25.5. The number of aliphatic carboxylic acids is 1. The molecule has 1 fully saturated rings. The molecule has 7 rings (SSSR count). The van der Waals surface area contributed by atoms with Crippen LogP contribution in [0.15, 0.2) is 54.7 Å². The first-order valence-electron chi connectivity index (χ1n) is 16.8. The molecule has 0 amide bonds. The molecular formula is C36H39N3O14. The van der Waals surface area contributed by atoms with Gasteiger partial charge in [-0.25, -0.2) is 0 Å². The molecule has 17 nitrogen and oxygen atoms in total. The van der Waals surface area contributed by atoms with Gasteiger partial charge in [-0.2, -0.15) is 0 Å². The third-order valence-corrected chi connectivity index (χ3v) is 9.50. The minimum Gasteiger partial charge on any atom is -0.493 e. The summed E-state index contributed by atoms with van der Waals surface area (Å²) in [6, 6.07) is 14.6. The van der Waals surface area contributed by atoms with Crippen LogP contribution in [0, 0.1) is 0 Å². The lowest BCUT2D eigenvalue weighted by molar-refractivity contribution is -0.291. The number of aliphatic hydroxyl groups excluding tert-OH is 4. The van der Waals surface area contributed by atoms with Crippen LogP contribution in [0.3, 0.4) is 0 Å². The molecule has 1 aromatic heterocycles. The maximum Gasteiger partial charge on any atom is 0.317 e. The molecule has 282 valence electrons. The third-order valence-electron chi connectivity index (χ3n) is 9.50. The van der Waals surface area contributed by atoms with Crippen molar-refractivity contribution in [1.82, 2.24) is 4.98 Å². The van der Waals surface area contributed by atoms with Crippen LogP contribution in [-0.4, -0.2) is 112 Å². The normalized spacial score (nSPS) is 25.0. The van der Waals surface area contributed by atoms with E-state index >= 15 is 0 Å². The summed E-state index contributed by atoms with van der Waals surface area (Å²) in [6.07, 6.45) is -11.8. The number of para-hydroxylation sites is 1. The van der Waals surface area contributed by atoms with Crippen molar-refractivity contribution in [2.45, 2.75) is 61.4 Å². The Bertz CT molecular complexity index is 2000. The van der Waals surface area contributed by atoms with Crippen LogP contribution in [0.25, 0.3) is 22.0 Å². The van der Waals surface area contributed by atoms with Crippen LogP contribution >= 0.6 is 0 Å². The fourth-order valence-corrected chi connectivity index (χ4v) is 7.07. The van der Waals surface area contributed by atoms with Gasteiger partial charge in [0.25, 0.3) is 0 Å². The molecule has 4 heterocycles. The van der Waals surface area contributed by atoms with Gasteiger partial charge >= 0.3 is 11.9 Å². The van der Waals surface area contributed by atoms with E-state index in [1.807, 2.05) is 36.5 Å². The number of fused-ring (bicyclic) bond motifs is 6. The van der Waals surface area contributed by atoms with Crippen LogP contribution in [0.5, 0.6) is 28.7 Å². The SMILES string of the molecule is COc1ccc2c(c1OCCO)OC1c3c(cc(OC4OC(C(OC(=O)CC(=O)O)C(N)N)C(O)C(O)C4O)cc3-c3c[nH]c4ccccc34)OCC21. The molecule has 0 aliphatic carbocycles. The van der Waals surface area contributed by atoms with Crippen molar-refractivity contribution >= 4 is 22.8 Å². The number of nitrogens with two attached hydrogens (primary N) is 2. The Morgan fingerprint density at radius 3 is 2.57 bits per heavy atom. The van der Waals surface area contributed by atoms with Gasteiger partial charge in [0.15, 0.2) is 17.6 Å². The number of nitrogens with one attached hydrogen (secondary N) is 1. The summed E-state index contributed by atoms with van der Waals surface area (Å²) in [5.41, 5.74) is 15.4. The zero-order valence-corrected chi connectivity index (χ0v) is 28.3. The van der Waals surface area contributed by atoms with Gasteiger partial charge in [0.2, 0.25) is 12.0 Å². The molecule has 1 saturated heterocycles. The van der Waals surface area contributed by atoms with Gasteiger partial charge in [-0.05, 0) is 23.8 Å². The summed E-state index contributed by atoms with van der Waals surface area (Å²) >= 11 is 0. The maximum atomic E-state index is 12.2. The van der Waals surface area contributed by atoms with Gasteiger partial charge < -0.3 is 75.1 Å². The zero-order chi connectivity index (χ0) is 37.6. The van der Waals surface area contributed by atoms with Crippen molar-refractivity contribution in [3.8, 4) is 39.9 Å². The number of rotatable bonds is 12.